The number of fused-ring (bicyclic) bond motifs is 1. The zero-order valence-electron chi connectivity index (χ0n) is 11.3. The predicted octanol–water partition coefficient (Wildman–Crippen LogP) is 1.41. The number of benzene rings is 1. The van der Waals surface area contributed by atoms with Gasteiger partial charge in [0.1, 0.15) is 0 Å². The van der Waals surface area contributed by atoms with E-state index in [1.54, 1.807) is 13.8 Å². The van der Waals surface area contributed by atoms with E-state index in [0.717, 1.165) is 0 Å². The molecule has 0 saturated carbocycles. The number of aromatic nitrogens is 3. The molecule has 0 N–H and O–H groups in total. The van der Waals surface area contributed by atoms with Crippen LogP contribution in [0, 0.1) is 24.0 Å². The van der Waals surface area contributed by atoms with Crippen LogP contribution in [-0.2, 0) is 0 Å². The van der Waals surface area contributed by atoms with Gasteiger partial charge in [-0.15, -0.1) is 10.2 Å². The highest BCUT2D eigenvalue weighted by Crippen LogP contribution is 2.37. The topological polar surface area (TPSA) is 105 Å². The van der Waals surface area contributed by atoms with Crippen LogP contribution >= 0.6 is 0 Å². The number of nitrogens with zero attached hydrogens (tertiary/aromatic N) is 5. The molecule has 1 aromatic heterocycles. The molecular weight excluding hydrogens is 278 g/mol. The van der Waals surface area contributed by atoms with E-state index in [2.05, 4.69) is 15.3 Å². The molecule has 0 fully saturated rings. The number of hydrogen-bond acceptors (Lipinski definition) is 7. The van der Waals surface area contributed by atoms with Gasteiger partial charge in [-0.05, 0) is 19.9 Å². The van der Waals surface area contributed by atoms with Crippen molar-refractivity contribution in [3.63, 3.8) is 0 Å². The summed E-state index contributed by atoms with van der Waals surface area (Å²) in [5, 5.41) is 23.0. The third-order valence-electron chi connectivity index (χ3n) is 2.98. The van der Waals surface area contributed by atoms with Crippen LogP contribution in [-0.4, -0.2) is 32.8 Å². The molecule has 0 bridgehead atoms. The van der Waals surface area contributed by atoms with Crippen molar-refractivity contribution in [3.05, 3.63) is 39.5 Å². The number of rotatable bonds is 3. The Morgan fingerprint density at radius 1 is 1.29 bits per heavy atom. The quantitative estimate of drug-likeness (QED) is 0.480. The summed E-state index contributed by atoms with van der Waals surface area (Å²) < 4.78 is 11.9. The molecule has 108 valence electrons. The van der Waals surface area contributed by atoms with Crippen molar-refractivity contribution in [1.29, 1.82) is 0 Å². The maximum absolute atomic E-state index is 11.1. The lowest BCUT2D eigenvalue weighted by Gasteiger charge is -2.01. The molecule has 0 amide bonds. The Hall–Kier alpha value is -2.97. The molecule has 9 nitrogen and oxygen atoms in total. The minimum Gasteiger partial charge on any atom is -0.454 e. The summed E-state index contributed by atoms with van der Waals surface area (Å²) in [6.07, 6.45) is 1.38. The zero-order valence-corrected chi connectivity index (χ0v) is 11.3. The van der Waals surface area contributed by atoms with Crippen LogP contribution in [0.3, 0.4) is 0 Å². The molecule has 2 aromatic rings. The largest absolute Gasteiger partial charge is 0.454 e. The average molecular weight is 289 g/mol. The van der Waals surface area contributed by atoms with E-state index in [-0.39, 0.29) is 12.5 Å². The number of aryl methyl sites for hydroxylation is 2. The van der Waals surface area contributed by atoms with Gasteiger partial charge in [-0.2, -0.15) is 5.10 Å². The molecule has 1 aromatic carbocycles. The summed E-state index contributed by atoms with van der Waals surface area (Å²) in [4.78, 5) is 10.6. The summed E-state index contributed by atoms with van der Waals surface area (Å²) in [7, 11) is 0. The second kappa shape index (κ2) is 4.85. The van der Waals surface area contributed by atoms with Crippen molar-refractivity contribution >= 4 is 11.9 Å². The second-order valence-corrected chi connectivity index (χ2v) is 4.37. The third kappa shape index (κ3) is 2.29. The van der Waals surface area contributed by atoms with Crippen molar-refractivity contribution in [2.75, 3.05) is 6.79 Å². The summed E-state index contributed by atoms with van der Waals surface area (Å²) in [5.74, 6) is 1.99. The SMILES string of the molecule is Cc1nnc(C)n1/N=C/c1cc2c(cc1[N+](=O)[O-])OCO2. The zero-order chi connectivity index (χ0) is 15.0. The summed E-state index contributed by atoms with van der Waals surface area (Å²) in [6, 6.07) is 2.86. The lowest BCUT2D eigenvalue weighted by atomic mass is 10.1. The van der Waals surface area contributed by atoms with E-state index in [1.807, 2.05) is 0 Å². The number of nitro benzene ring substituents is 1. The Morgan fingerprint density at radius 2 is 1.90 bits per heavy atom. The lowest BCUT2D eigenvalue weighted by Crippen LogP contribution is -1.99. The van der Waals surface area contributed by atoms with E-state index in [4.69, 9.17) is 9.47 Å². The standard InChI is InChI=1S/C12H11N5O4/c1-7-14-15-8(2)16(7)13-5-9-3-11-12(21-6-20-11)4-10(9)17(18)19/h3-5H,6H2,1-2H3/b13-5+. The predicted molar refractivity (Wildman–Crippen MR) is 71.7 cm³/mol. The van der Waals surface area contributed by atoms with Crippen LogP contribution in [0.15, 0.2) is 17.2 Å². The van der Waals surface area contributed by atoms with Crippen LogP contribution in [0.25, 0.3) is 0 Å². The van der Waals surface area contributed by atoms with Crippen LogP contribution in [0.1, 0.15) is 17.2 Å². The first kappa shape index (κ1) is 13.0. The summed E-state index contributed by atoms with van der Waals surface area (Å²) in [6.45, 7) is 3.54. The van der Waals surface area contributed by atoms with Gasteiger partial charge >= 0.3 is 0 Å². The first-order chi connectivity index (χ1) is 10.1. The van der Waals surface area contributed by atoms with Crippen molar-refractivity contribution < 1.29 is 14.4 Å². The molecule has 0 spiro atoms. The van der Waals surface area contributed by atoms with Gasteiger partial charge < -0.3 is 9.47 Å². The van der Waals surface area contributed by atoms with E-state index < -0.39 is 4.92 Å². The molecule has 0 aliphatic carbocycles. The molecule has 2 heterocycles. The van der Waals surface area contributed by atoms with Gasteiger partial charge in [0.25, 0.3) is 5.69 Å². The highest BCUT2D eigenvalue weighted by Gasteiger charge is 2.22. The van der Waals surface area contributed by atoms with Crippen LogP contribution < -0.4 is 9.47 Å². The number of hydrogen-bond donors (Lipinski definition) is 0. The van der Waals surface area contributed by atoms with Crippen molar-refractivity contribution in [2.45, 2.75) is 13.8 Å². The fourth-order valence-electron chi connectivity index (χ4n) is 1.96. The normalized spacial score (nSPS) is 13.0. The van der Waals surface area contributed by atoms with Crippen molar-refractivity contribution in [3.8, 4) is 11.5 Å². The molecule has 0 unspecified atom stereocenters. The Kier molecular flexibility index (Phi) is 3.01. The molecule has 0 saturated heterocycles. The van der Waals surface area contributed by atoms with Crippen LogP contribution in [0.4, 0.5) is 5.69 Å². The molecule has 0 radical (unpaired) electrons. The number of nitro groups is 1. The van der Waals surface area contributed by atoms with Crippen molar-refractivity contribution in [2.24, 2.45) is 5.10 Å². The van der Waals surface area contributed by atoms with Crippen molar-refractivity contribution in [1.82, 2.24) is 14.9 Å². The summed E-state index contributed by atoms with van der Waals surface area (Å²) >= 11 is 0. The Morgan fingerprint density at radius 3 is 2.52 bits per heavy atom. The fraction of sp³-hybridized carbons (Fsp3) is 0.250. The first-order valence-electron chi connectivity index (χ1n) is 6.07. The monoisotopic (exact) mass is 289 g/mol. The average Bonchev–Trinajstić information content (AvgIpc) is 3.02. The van der Waals surface area contributed by atoms with E-state index >= 15 is 0 Å². The van der Waals surface area contributed by atoms with E-state index in [9.17, 15) is 10.1 Å². The molecular formula is C12H11N5O4. The number of ether oxygens (including phenoxy) is 2. The Labute approximate surface area is 119 Å². The van der Waals surface area contributed by atoms with Crippen LogP contribution in [0.2, 0.25) is 0 Å². The highest BCUT2D eigenvalue weighted by atomic mass is 16.7. The lowest BCUT2D eigenvalue weighted by molar-refractivity contribution is -0.385. The molecule has 1 aliphatic rings. The third-order valence-corrected chi connectivity index (χ3v) is 2.98. The summed E-state index contributed by atoms with van der Waals surface area (Å²) in [5.41, 5.74) is 0.211. The molecule has 3 rings (SSSR count). The molecule has 21 heavy (non-hydrogen) atoms. The van der Waals surface area contributed by atoms with Gasteiger partial charge in [0.15, 0.2) is 23.1 Å². The highest BCUT2D eigenvalue weighted by molar-refractivity contribution is 5.87. The second-order valence-electron chi connectivity index (χ2n) is 4.37. The van der Waals surface area contributed by atoms with Gasteiger partial charge in [-0.1, -0.05) is 0 Å². The van der Waals surface area contributed by atoms with Gasteiger partial charge in [-0.25, -0.2) is 4.68 Å². The minimum absolute atomic E-state index is 0.0523. The van der Waals surface area contributed by atoms with Gasteiger partial charge in [0.2, 0.25) is 6.79 Å². The molecule has 0 atom stereocenters. The smallest absolute Gasteiger partial charge is 0.282 e. The van der Waals surface area contributed by atoms with E-state index in [1.165, 1.54) is 23.0 Å². The maximum atomic E-state index is 11.1. The molecule has 9 heteroatoms. The maximum Gasteiger partial charge on any atom is 0.282 e. The minimum atomic E-state index is -0.491. The van der Waals surface area contributed by atoms with Gasteiger partial charge in [0.05, 0.1) is 22.8 Å². The Balaban J connectivity index is 2.04. The fourth-order valence-corrected chi connectivity index (χ4v) is 1.96. The van der Waals surface area contributed by atoms with Gasteiger partial charge in [-0.3, -0.25) is 10.1 Å². The first-order valence-corrected chi connectivity index (χ1v) is 6.07. The Bertz CT molecular complexity index is 733. The van der Waals surface area contributed by atoms with E-state index in [0.29, 0.717) is 28.7 Å². The molecule has 1 aliphatic heterocycles. The van der Waals surface area contributed by atoms with Gasteiger partial charge in [0, 0.05) is 0 Å². The van der Waals surface area contributed by atoms with Crippen LogP contribution in [0.5, 0.6) is 11.5 Å².